The summed E-state index contributed by atoms with van der Waals surface area (Å²) in [5, 5.41) is 3.01. The number of benzene rings is 1. The highest BCUT2D eigenvalue weighted by Gasteiger charge is 2.15. The van der Waals surface area contributed by atoms with Gasteiger partial charge >= 0.3 is 0 Å². The van der Waals surface area contributed by atoms with Crippen LogP contribution < -0.4 is 5.32 Å². The monoisotopic (exact) mass is 285 g/mol. The summed E-state index contributed by atoms with van der Waals surface area (Å²) in [7, 11) is 0. The lowest BCUT2D eigenvalue weighted by molar-refractivity contribution is 0.0940. The van der Waals surface area contributed by atoms with Crippen molar-refractivity contribution in [1.82, 2.24) is 5.32 Å². The normalized spacial score (nSPS) is 13.0. The third-order valence-corrected chi connectivity index (χ3v) is 3.51. The van der Waals surface area contributed by atoms with E-state index in [4.69, 9.17) is 4.42 Å². The van der Waals surface area contributed by atoms with E-state index >= 15 is 0 Å². The van der Waals surface area contributed by atoms with Crippen LogP contribution in [0.15, 0.2) is 47.3 Å². The van der Waals surface area contributed by atoms with E-state index in [1.807, 2.05) is 37.3 Å². The fourth-order valence-corrected chi connectivity index (χ4v) is 2.24. The molecule has 0 unspecified atom stereocenters. The second-order valence-electron chi connectivity index (χ2n) is 6.54. The molecule has 0 spiro atoms. The second kappa shape index (κ2) is 6.17. The predicted octanol–water partition coefficient (Wildman–Crippen LogP) is 3.94. The molecular formula is C18H23NO2. The molecular weight excluding hydrogens is 262 g/mol. The fourth-order valence-electron chi connectivity index (χ4n) is 2.24. The predicted molar refractivity (Wildman–Crippen MR) is 84.5 cm³/mol. The summed E-state index contributed by atoms with van der Waals surface area (Å²) in [5.74, 6) is -0.0357. The highest BCUT2D eigenvalue weighted by atomic mass is 16.3. The molecule has 21 heavy (non-hydrogen) atoms. The molecule has 1 heterocycles. The standard InChI is InChI=1S/C18H23NO2/c1-13(11-14-9-10-21-12-14)19-17(20)15-5-7-16(8-6-15)18(2,3)4/h5-10,12-13H,11H2,1-4H3,(H,19,20)/t13-/m1/s1. The van der Waals surface area contributed by atoms with E-state index in [-0.39, 0.29) is 17.4 Å². The topological polar surface area (TPSA) is 42.2 Å². The van der Waals surface area contributed by atoms with E-state index in [1.54, 1.807) is 12.5 Å². The molecule has 1 atom stereocenters. The Labute approximate surface area is 126 Å². The highest BCUT2D eigenvalue weighted by molar-refractivity contribution is 5.94. The summed E-state index contributed by atoms with van der Waals surface area (Å²) in [6.45, 7) is 8.48. The average molecular weight is 285 g/mol. The molecule has 0 aliphatic heterocycles. The zero-order valence-electron chi connectivity index (χ0n) is 13.1. The van der Waals surface area contributed by atoms with Crippen LogP contribution in [0.4, 0.5) is 0 Å². The molecule has 2 aromatic rings. The van der Waals surface area contributed by atoms with Crippen molar-refractivity contribution in [2.45, 2.75) is 45.6 Å². The van der Waals surface area contributed by atoms with Gasteiger partial charge in [-0.2, -0.15) is 0 Å². The summed E-state index contributed by atoms with van der Waals surface area (Å²) in [6, 6.07) is 9.81. The number of hydrogen-bond donors (Lipinski definition) is 1. The molecule has 0 saturated carbocycles. The van der Waals surface area contributed by atoms with Gasteiger partial charge in [0.25, 0.3) is 5.91 Å². The smallest absolute Gasteiger partial charge is 0.251 e. The summed E-state index contributed by atoms with van der Waals surface area (Å²) in [6.07, 6.45) is 4.12. The van der Waals surface area contributed by atoms with Gasteiger partial charge in [-0.1, -0.05) is 32.9 Å². The van der Waals surface area contributed by atoms with Crippen LogP contribution in [0.25, 0.3) is 0 Å². The van der Waals surface area contributed by atoms with Gasteiger partial charge < -0.3 is 9.73 Å². The van der Waals surface area contributed by atoms with Crippen molar-refractivity contribution in [3.05, 3.63) is 59.5 Å². The zero-order chi connectivity index (χ0) is 15.5. The van der Waals surface area contributed by atoms with Crippen LogP contribution in [0.2, 0.25) is 0 Å². The van der Waals surface area contributed by atoms with Crippen molar-refractivity contribution < 1.29 is 9.21 Å². The van der Waals surface area contributed by atoms with Gasteiger partial charge in [-0.3, -0.25) is 4.79 Å². The molecule has 1 aromatic carbocycles. The first-order valence-corrected chi connectivity index (χ1v) is 7.29. The first kappa shape index (κ1) is 15.4. The Bertz CT molecular complexity index is 577. The Hall–Kier alpha value is -2.03. The van der Waals surface area contributed by atoms with Crippen molar-refractivity contribution in [2.24, 2.45) is 0 Å². The lowest BCUT2D eigenvalue weighted by atomic mass is 9.86. The molecule has 0 aliphatic carbocycles. The second-order valence-corrected chi connectivity index (χ2v) is 6.54. The first-order chi connectivity index (χ1) is 9.86. The Morgan fingerprint density at radius 2 is 1.86 bits per heavy atom. The zero-order valence-corrected chi connectivity index (χ0v) is 13.1. The number of furan rings is 1. The van der Waals surface area contributed by atoms with Gasteiger partial charge in [-0.05, 0) is 48.1 Å². The summed E-state index contributed by atoms with van der Waals surface area (Å²) in [4.78, 5) is 12.2. The van der Waals surface area contributed by atoms with Crippen molar-refractivity contribution >= 4 is 5.91 Å². The molecule has 0 fully saturated rings. The molecule has 1 aromatic heterocycles. The van der Waals surface area contributed by atoms with Gasteiger partial charge in [-0.15, -0.1) is 0 Å². The third kappa shape index (κ3) is 4.22. The quantitative estimate of drug-likeness (QED) is 0.924. The molecule has 2 rings (SSSR count). The maximum Gasteiger partial charge on any atom is 0.251 e. The Kier molecular flexibility index (Phi) is 4.51. The SMILES string of the molecule is C[C@H](Cc1ccoc1)NC(=O)c1ccc(C(C)(C)C)cc1. The van der Waals surface area contributed by atoms with Gasteiger partial charge in [0.05, 0.1) is 12.5 Å². The number of amides is 1. The molecule has 0 saturated heterocycles. The maximum atomic E-state index is 12.2. The van der Waals surface area contributed by atoms with Gasteiger partial charge in [0.15, 0.2) is 0 Å². The maximum absolute atomic E-state index is 12.2. The largest absolute Gasteiger partial charge is 0.472 e. The lowest BCUT2D eigenvalue weighted by Gasteiger charge is -2.19. The minimum atomic E-state index is -0.0357. The van der Waals surface area contributed by atoms with Gasteiger partial charge in [0.2, 0.25) is 0 Å². The number of carbonyl (C=O) groups is 1. The van der Waals surface area contributed by atoms with Crippen molar-refractivity contribution in [3.8, 4) is 0 Å². The van der Waals surface area contributed by atoms with Gasteiger partial charge in [-0.25, -0.2) is 0 Å². The number of hydrogen-bond acceptors (Lipinski definition) is 2. The Morgan fingerprint density at radius 3 is 2.38 bits per heavy atom. The van der Waals surface area contributed by atoms with Crippen LogP contribution in [0.1, 0.15) is 49.2 Å². The van der Waals surface area contributed by atoms with Gasteiger partial charge in [0.1, 0.15) is 0 Å². The highest BCUT2D eigenvalue weighted by Crippen LogP contribution is 2.22. The summed E-state index contributed by atoms with van der Waals surface area (Å²) in [5.41, 5.74) is 3.11. The summed E-state index contributed by atoms with van der Waals surface area (Å²) >= 11 is 0. The van der Waals surface area contributed by atoms with Crippen LogP contribution in [0.3, 0.4) is 0 Å². The van der Waals surface area contributed by atoms with E-state index in [0.717, 1.165) is 12.0 Å². The van der Waals surface area contributed by atoms with Crippen molar-refractivity contribution in [2.75, 3.05) is 0 Å². The van der Waals surface area contributed by atoms with Crippen LogP contribution in [0.5, 0.6) is 0 Å². The van der Waals surface area contributed by atoms with Gasteiger partial charge in [0, 0.05) is 11.6 Å². The molecule has 0 aliphatic rings. The molecule has 3 heteroatoms. The molecule has 0 bridgehead atoms. The van der Waals surface area contributed by atoms with Crippen LogP contribution in [0, 0.1) is 0 Å². The van der Waals surface area contributed by atoms with Crippen LogP contribution in [-0.4, -0.2) is 11.9 Å². The number of rotatable bonds is 4. The minimum Gasteiger partial charge on any atom is -0.472 e. The minimum absolute atomic E-state index is 0.0357. The molecule has 112 valence electrons. The molecule has 1 amide bonds. The first-order valence-electron chi connectivity index (χ1n) is 7.29. The van der Waals surface area contributed by atoms with E-state index in [0.29, 0.717) is 5.56 Å². The summed E-state index contributed by atoms with van der Waals surface area (Å²) < 4.78 is 5.04. The third-order valence-electron chi connectivity index (χ3n) is 3.51. The molecule has 1 N–H and O–H groups in total. The average Bonchev–Trinajstić information content (AvgIpc) is 2.90. The van der Waals surface area contributed by atoms with E-state index in [1.165, 1.54) is 5.56 Å². The number of nitrogens with one attached hydrogen (secondary N) is 1. The van der Waals surface area contributed by atoms with Crippen LogP contribution in [-0.2, 0) is 11.8 Å². The molecule has 3 nitrogen and oxygen atoms in total. The number of carbonyl (C=O) groups excluding carboxylic acids is 1. The molecule has 0 radical (unpaired) electrons. The van der Waals surface area contributed by atoms with Crippen molar-refractivity contribution in [3.63, 3.8) is 0 Å². The lowest BCUT2D eigenvalue weighted by Crippen LogP contribution is -2.34. The van der Waals surface area contributed by atoms with E-state index in [9.17, 15) is 4.79 Å². The van der Waals surface area contributed by atoms with Crippen LogP contribution >= 0.6 is 0 Å². The Balaban J connectivity index is 1.97. The van der Waals surface area contributed by atoms with Crippen molar-refractivity contribution in [1.29, 1.82) is 0 Å². The fraction of sp³-hybridized carbons (Fsp3) is 0.389. The van der Waals surface area contributed by atoms with E-state index < -0.39 is 0 Å². The van der Waals surface area contributed by atoms with E-state index in [2.05, 4.69) is 26.1 Å². The Morgan fingerprint density at radius 1 is 1.19 bits per heavy atom.